The van der Waals surface area contributed by atoms with Gasteiger partial charge >= 0.3 is 17.9 Å². The number of carbonyl (C=O) groups is 3. The number of carbonyl (C=O) groups excluding carboxylic acids is 3. The number of ether oxygens (including phenoxy) is 3. The highest BCUT2D eigenvalue weighted by Crippen LogP contribution is 2.19. The van der Waals surface area contributed by atoms with E-state index >= 15 is 0 Å². The van der Waals surface area contributed by atoms with Gasteiger partial charge in [0.15, 0.2) is 6.10 Å². The minimum absolute atomic E-state index is 0.0619. The molecule has 6 heteroatoms. The summed E-state index contributed by atoms with van der Waals surface area (Å²) in [6.07, 6.45) is 61.0. The van der Waals surface area contributed by atoms with Crippen LogP contribution in [0.3, 0.4) is 0 Å². The number of unbranched alkanes of at least 4 members (excludes halogenated alkanes) is 42. The summed E-state index contributed by atoms with van der Waals surface area (Å²) in [7, 11) is 0. The van der Waals surface area contributed by atoms with Crippen molar-refractivity contribution in [3.63, 3.8) is 0 Å². The first-order valence-electron chi connectivity index (χ1n) is 31.2. The number of esters is 3. The van der Waals surface area contributed by atoms with E-state index in [-0.39, 0.29) is 31.1 Å². The van der Waals surface area contributed by atoms with Crippen LogP contribution in [0.25, 0.3) is 0 Å². The lowest BCUT2D eigenvalue weighted by molar-refractivity contribution is -0.167. The third kappa shape index (κ3) is 57.2. The quantitative estimate of drug-likeness (QED) is 0.0343. The van der Waals surface area contributed by atoms with Crippen LogP contribution in [-0.2, 0) is 28.6 Å². The maximum absolute atomic E-state index is 12.9. The minimum Gasteiger partial charge on any atom is -0.462 e. The fourth-order valence-corrected chi connectivity index (χ4v) is 9.76. The molecule has 0 aliphatic carbocycles. The zero-order valence-corrected chi connectivity index (χ0v) is 47.5. The van der Waals surface area contributed by atoms with E-state index in [2.05, 4.69) is 34.6 Å². The Bertz CT molecular complexity index is 1060. The van der Waals surface area contributed by atoms with E-state index in [4.69, 9.17) is 14.2 Å². The first kappa shape index (κ1) is 67.4. The summed E-state index contributed by atoms with van der Waals surface area (Å²) in [5.41, 5.74) is 0. The molecule has 0 aromatic carbocycles. The van der Waals surface area contributed by atoms with E-state index < -0.39 is 6.10 Å². The second-order valence-electron chi connectivity index (χ2n) is 22.6. The Labute approximate surface area is 431 Å². The minimum atomic E-state index is -0.763. The van der Waals surface area contributed by atoms with Crippen LogP contribution in [0.5, 0.6) is 0 Å². The van der Waals surface area contributed by atoms with E-state index in [1.54, 1.807) is 0 Å². The molecule has 6 nitrogen and oxygen atoms in total. The Hall–Kier alpha value is -1.59. The molecule has 0 aliphatic rings. The normalized spacial score (nSPS) is 12.0. The average molecular weight is 976 g/mol. The van der Waals surface area contributed by atoms with Crippen molar-refractivity contribution < 1.29 is 28.6 Å². The molecule has 0 fully saturated rings. The molecule has 0 rings (SSSR count). The van der Waals surface area contributed by atoms with Gasteiger partial charge in [-0.15, -0.1) is 0 Å². The van der Waals surface area contributed by atoms with Gasteiger partial charge in [-0.2, -0.15) is 0 Å². The lowest BCUT2D eigenvalue weighted by Gasteiger charge is -2.18. The molecule has 0 spiro atoms. The molecule has 0 N–H and O–H groups in total. The SMILES string of the molecule is CCCCCCCCCCCCCCCCCC(=O)OC[C@@H](COC(=O)CCCCCCCCCCCCCCCCC(C)C)OC(=O)CCCCCCCCCCCCCCCCCCC(C)C. The first-order valence-corrected chi connectivity index (χ1v) is 31.2. The summed E-state index contributed by atoms with van der Waals surface area (Å²) >= 11 is 0. The van der Waals surface area contributed by atoms with Gasteiger partial charge in [-0.1, -0.05) is 317 Å². The van der Waals surface area contributed by atoms with Gasteiger partial charge in [0.05, 0.1) is 0 Å². The van der Waals surface area contributed by atoms with Gasteiger partial charge in [0.1, 0.15) is 13.2 Å². The van der Waals surface area contributed by atoms with Crippen LogP contribution in [0.15, 0.2) is 0 Å². The molecule has 0 aromatic heterocycles. The summed E-state index contributed by atoms with van der Waals surface area (Å²) in [5.74, 6) is 0.864. The van der Waals surface area contributed by atoms with Crippen molar-refractivity contribution in [2.24, 2.45) is 11.8 Å². The third-order valence-electron chi connectivity index (χ3n) is 14.5. The molecule has 0 amide bonds. The average Bonchev–Trinajstić information content (AvgIpc) is 3.32. The van der Waals surface area contributed by atoms with E-state index in [9.17, 15) is 14.4 Å². The molecule has 0 unspecified atom stereocenters. The van der Waals surface area contributed by atoms with E-state index in [0.29, 0.717) is 19.3 Å². The summed E-state index contributed by atoms with van der Waals surface area (Å²) in [5, 5.41) is 0. The number of hydrogen-bond donors (Lipinski definition) is 0. The Morgan fingerprint density at radius 1 is 0.275 bits per heavy atom. The Morgan fingerprint density at radius 2 is 0.478 bits per heavy atom. The maximum Gasteiger partial charge on any atom is 0.306 e. The lowest BCUT2D eigenvalue weighted by atomic mass is 10.0. The second kappa shape index (κ2) is 55.7. The highest BCUT2D eigenvalue weighted by Gasteiger charge is 2.19. The van der Waals surface area contributed by atoms with Gasteiger partial charge < -0.3 is 14.2 Å². The Morgan fingerprint density at radius 3 is 0.710 bits per heavy atom. The van der Waals surface area contributed by atoms with Crippen molar-refractivity contribution in [1.82, 2.24) is 0 Å². The zero-order valence-electron chi connectivity index (χ0n) is 47.5. The Balaban J connectivity index is 4.29. The van der Waals surface area contributed by atoms with Crippen LogP contribution in [0.1, 0.15) is 356 Å². The molecule has 0 saturated heterocycles. The number of rotatable bonds is 57. The predicted octanol–water partition coefficient (Wildman–Crippen LogP) is 20.8. The molecular weight excluding hydrogens is 853 g/mol. The monoisotopic (exact) mass is 975 g/mol. The van der Waals surface area contributed by atoms with Gasteiger partial charge in [-0.3, -0.25) is 14.4 Å². The first-order chi connectivity index (χ1) is 33.7. The standard InChI is InChI=1S/C63H122O6/c1-6-7-8-9-10-11-12-13-16-23-28-33-38-43-48-53-61(64)67-56-60(57-68-62(65)54-49-44-39-34-29-24-20-19-22-27-32-37-42-47-52-59(4)5)69-63(66)55-50-45-40-35-30-25-18-15-14-17-21-26-31-36-41-46-51-58(2)3/h58-60H,6-57H2,1-5H3/t60-/m0/s1. The molecule has 0 saturated carbocycles. The van der Waals surface area contributed by atoms with Crippen molar-refractivity contribution in [2.75, 3.05) is 13.2 Å². The van der Waals surface area contributed by atoms with Gasteiger partial charge in [0.2, 0.25) is 0 Å². The highest BCUT2D eigenvalue weighted by atomic mass is 16.6. The summed E-state index contributed by atoms with van der Waals surface area (Å²) in [6.45, 7) is 11.5. The number of hydrogen-bond acceptors (Lipinski definition) is 6. The predicted molar refractivity (Wildman–Crippen MR) is 298 cm³/mol. The van der Waals surface area contributed by atoms with Crippen LogP contribution >= 0.6 is 0 Å². The second-order valence-corrected chi connectivity index (χ2v) is 22.6. The van der Waals surface area contributed by atoms with E-state index in [0.717, 1.165) is 69.6 Å². The van der Waals surface area contributed by atoms with E-state index in [1.807, 2.05) is 0 Å². The van der Waals surface area contributed by atoms with Crippen molar-refractivity contribution >= 4 is 17.9 Å². The highest BCUT2D eigenvalue weighted by molar-refractivity contribution is 5.71. The van der Waals surface area contributed by atoms with Gasteiger partial charge in [-0.05, 0) is 31.1 Å². The fourth-order valence-electron chi connectivity index (χ4n) is 9.76. The maximum atomic E-state index is 12.9. The van der Waals surface area contributed by atoms with Crippen LogP contribution in [-0.4, -0.2) is 37.2 Å². The summed E-state index contributed by atoms with van der Waals surface area (Å²) in [4.78, 5) is 38.3. The molecule has 0 aliphatic heterocycles. The van der Waals surface area contributed by atoms with Crippen LogP contribution in [0.2, 0.25) is 0 Å². The smallest absolute Gasteiger partial charge is 0.306 e. The largest absolute Gasteiger partial charge is 0.462 e. The molecule has 0 bridgehead atoms. The van der Waals surface area contributed by atoms with Crippen molar-refractivity contribution in [3.05, 3.63) is 0 Å². The van der Waals surface area contributed by atoms with E-state index in [1.165, 1.54) is 244 Å². The molecule has 0 aromatic rings. The summed E-state index contributed by atoms with van der Waals surface area (Å²) in [6, 6.07) is 0. The molecule has 1 atom stereocenters. The topological polar surface area (TPSA) is 78.9 Å². The van der Waals surface area contributed by atoms with Gasteiger partial charge in [-0.25, -0.2) is 0 Å². The lowest BCUT2D eigenvalue weighted by Crippen LogP contribution is -2.30. The van der Waals surface area contributed by atoms with Gasteiger partial charge in [0.25, 0.3) is 0 Å². The zero-order chi connectivity index (χ0) is 50.4. The van der Waals surface area contributed by atoms with Gasteiger partial charge in [0, 0.05) is 19.3 Å². The van der Waals surface area contributed by atoms with Crippen LogP contribution < -0.4 is 0 Å². The molecule has 0 heterocycles. The molecular formula is C63H122O6. The van der Waals surface area contributed by atoms with Crippen molar-refractivity contribution in [1.29, 1.82) is 0 Å². The Kier molecular flexibility index (Phi) is 54.4. The summed E-state index contributed by atoms with van der Waals surface area (Å²) < 4.78 is 16.9. The molecule has 69 heavy (non-hydrogen) atoms. The fraction of sp³-hybridized carbons (Fsp3) is 0.952. The van der Waals surface area contributed by atoms with Crippen molar-refractivity contribution in [2.45, 2.75) is 362 Å². The van der Waals surface area contributed by atoms with Crippen LogP contribution in [0.4, 0.5) is 0 Å². The third-order valence-corrected chi connectivity index (χ3v) is 14.5. The molecule has 410 valence electrons. The molecule has 0 radical (unpaired) electrons. The van der Waals surface area contributed by atoms with Crippen molar-refractivity contribution in [3.8, 4) is 0 Å². The van der Waals surface area contributed by atoms with Crippen LogP contribution in [0, 0.1) is 11.8 Å².